The normalized spacial score (nSPS) is 16.8. The first-order valence-electron chi connectivity index (χ1n) is 8.35. The number of amides is 1. The predicted molar refractivity (Wildman–Crippen MR) is 104 cm³/mol. The number of hydrogen-bond acceptors (Lipinski definition) is 5. The van der Waals surface area contributed by atoms with E-state index in [1.807, 2.05) is 36.0 Å². The fourth-order valence-corrected chi connectivity index (χ4v) is 3.42. The molecule has 3 heterocycles. The number of aromatic nitrogens is 3. The molecular weight excluding hydrogens is 389 g/mol. The molecule has 3 aromatic rings. The SMILES string of the molecule is Cl.Cn1ccnc1C1CNCCN1C(=O)c1cc(-c2ccccc2Cl)on1. The van der Waals surface area contributed by atoms with Gasteiger partial charge in [-0.1, -0.05) is 28.9 Å². The van der Waals surface area contributed by atoms with E-state index in [1.54, 1.807) is 23.2 Å². The van der Waals surface area contributed by atoms with Gasteiger partial charge in [-0.05, 0) is 12.1 Å². The summed E-state index contributed by atoms with van der Waals surface area (Å²) < 4.78 is 7.30. The van der Waals surface area contributed by atoms with Crippen LogP contribution in [0.15, 0.2) is 47.2 Å². The molecule has 1 amide bonds. The highest BCUT2D eigenvalue weighted by atomic mass is 35.5. The molecule has 1 fully saturated rings. The Morgan fingerprint density at radius 2 is 2.19 bits per heavy atom. The average Bonchev–Trinajstić information content (AvgIpc) is 3.31. The summed E-state index contributed by atoms with van der Waals surface area (Å²) in [5.74, 6) is 1.13. The number of benzene rings is 1. The Kier molecular flexibility index (Phi) is 5.84. The van der Waals surface area contributed by atoms with Crippen LogP contribution in [0.1, 0.15) is 22.4 Å². The highest BCUT2D eigenvalue weighted by Gasteiger charge is 2.32. The summed E-state index contributed by atoms with van der Waals surface area (Å²) in [6, 6.07) is 8.79. The van der Waals surface area contributed by atoms with Crippen molar-refractivity contribution in [2.75, 3.05) is 19.6 Å². The van der Waals surface area contributed by atoms with E-state index in [-0.39, 0.29) is 30.0 Å². The van der Waals surface area contributed by atoms with E-state index in [1.165, 1.54) is 0 Å². The Morgan fingerprint density at radius 3 is 2.93 bits per heavy atom. The highest BCUT2D eigenvalue weighted by Crippen LogP contribution is 2.29. The van der Waals surface area contributed by atoms with Crippen LogP contribution in [-0.4, -0.2) is 45.1 Å². The van der Waals surface area contributed by atoms with Crippen molar-refractivity contribution in [2.24, 2.45) is 7.05 Å². The first-order valence-corrected chi connectivity index (χ1v) is 8.73. The van der Waals surface area contributed by atoms with Crippen LogP contribution in [0.3, 0.4) is 0 Å². The number of imidazole rings is 1. The van der Waals surface area contributed by atoms with Crippen molar-refractivity contribution in [1.29, 1.82) is 0 Å². The zero-order chi connectivity index (χ0) is 18.1. The van der Waals surface area contributed by atoms with Crippen LogP contribution in [0.5, 0.6) is 0 Å². The summed E-state index contributed by atoms with van der Waals surface area (Å²) in [7, 11) is 1.92. The summed E-state index contributed by atoms with van der Waals surface area (Å²) in [4.78, 5) is 19.2. The number of nitrogens with zero attached hydrogens (tertiary/aromatic N) is 4. The van der Waals surface area contributed by atoms with Gasteiger partial charge < -0.3 is 19.3 Å². The van der Waals surface area contributed by atoms with Gasteiger partial charge in [0.2, 0.25) is 0 Å². The molecule has 1 N–H and O–H groups in total. The number of carbonyl (C=O) groups excluding carboxylic acids is 1. The highest BCUT2D eigenvalue weighted by molar-refractivity contribution is 6.33. The van der Waals surface area contributed by atoms with Crippen LogP contribution >= 0.6 is 24.0 Å². The van der Waals surface area contributed by atoms with Crippen molar-refractivity contribution >= 4 is 29.9 Å². The van der Waals surface area contributed by atoms with Crippen molar-refractivity contribution in [3.05, 3.63) is 59.3 Å². The molecular formula is C18H19Cl2N5O2. The molecule has 0 radical (unpaired) electrons. The smallest absolute Gasteiger partial charge is 0.276 e. The van der Waals surface area contributed by atoms with Gasteiger partial charge >= 0.3 is 0 Å². The Balaban J connectivity index is 0.00000210. The Bertz CT molecular complexity index is 939. The zero-order valence-electron chi connectivity index (χ0n) is 14.6. The molecule has 0 spiro atoms. The van der Waals surface area contributed by atoms with Gasteiger partial charge in [-0.15, -0.1) is 12.4 Å². The van der Waals surface area contributed by atoms with Crippen LogP contribution in [-0.2, 0) is 7.05 Å². The van der Waals surface area contributed by atoms with Crippen molar-refractivity contribution in [3.63, 3.8) is 0 Å². The quantitative estimate of drug-likeness (QED) is 0.721. The molecule has 9 heteroatoms. The van der Waals surface area contributed by atoms with Gasteiger partial charge in [0.15, 0.2) is 11.5 Å². The lowest BCUT2D eigenvalue weighted by Crippen LogP contribution is -2.49. The minimum absolute atomic E-state index is 0. The molecule has 4 rings (SSSR count). The maximum Gasteiger partial charge on any atom is 0.276 e. The van der Waals surface area contributed by atoms with E-state index in [2.05, 4.69) is 15.5 Å². The molecule has 27 heavy (non-hydrogen) atoms. The molecule has 2 aromatic heterocycles. The monoisotopic (exact) mass is 407 g/mol. The predicted octanol–water partition coefficient (Wildman–Crippen LogP) is 2.94. The third kappa shape index (κ3) is 3.71. The van der Waals surface area contributed by atoms with E-state index >= 15 is 0 Å². The molecule has 7 nitrogen and oxygen atoms in total. The summed E-state index contributed by atoms with van der Waals surface area (Å²) in [6.07, 6.45) is 3.61. The third-order valence-corrected chi connectivity index (χ3v) is 4.86. The second-order valence-corrected chi connectivity index (χ2v) is 6.58. The van der Waals surface area contributed by atoms with Gasteiger partial charge in [-0.2, -0.15) is 0 Å². The molecule has 1 saturated heterocycles. The lowest BCUT2D eigenvalue weighted by atomic mass is 10.1. The molecule has 1 unspecified atom stereocenters. The van der Waals surface area contributed by atoms with Crippen LogP contribution < -0.4 is 5.32 Å². The molecule has 0 saturated carbocycles. The van der Waals surface area contributed by atoms with Gasteiger partial charge in [0, 0.05) is 50.7 Å². The van der Waals surface area contributed by atoms with E-state index in [0.717, 1.165) is 12.4 Å². The molecule has 1 atom stereocenters. The van der Waals surface area contributed by atoms with Crippen molar-refractivity contribution in [3.8, 4) is 11.3 Å². The van der Waals surface area contributed by atoms with Crippen LogP contribution in [0, 0.1) is 0 Å². The maximum atomic E-state index is 13.1. The number of rotatable bonds is 3. The van der Waals surface area contributed by atoms with Gasteiger partial charge in [0.05, 0.1) is 5.02 Å². The second kappa shape index (κ2) is 8.12. The van der Waals surface area contributed by atoms with E-state index in [9.17, 15) is 4.79 Å². The molecule has 142 valence electrons. The lowest BCUT2D eigenvalue weighted by molar-refractivity contribution is 0.0610. The Hall–Kier alpha value is -2.35. The number of carbonyl (C=O) groups is 1. The summed E-state index contributed by atoms with van der Waals surface area (Å²) in [6.45, 7) is 1.94. The number of halogens is 2. The first-order chi connectivity index (χ1) is 12.6. The first kappa shape index (κ1) is 19.4. The van der Waals surface area contributed by atoms with Gasteiger partial charge in [-0.25, -0.2) is 4.98 Å². The van der Waals surface area contributed by atoms with Crippen molar-refractivity contribution < 1.29 is 9.32 Å². The largest absolute Gasteiger partial charge is 0.355 e. The lowest BCUT2D eigenvalue weighted by Gasteiger charge is -2.35. The summed E-state index contributed by atoms with van der Waals surface area (Å²) in [5, 5.41) is 7.84. The van der Waals surface area contributed by atoms with Crippen LogP contribution in [0.4, 0.5) is 0 Å². The second-order valence-electron chi connectivity index (χ2n) is 6.17. The van der Waals surface area contributed by atoms with Crippen molar-refractivity contribution in [1.82, 2.24) is 24.9 Å². The Morgan fingerprint density at radius 1 is 1.37 bits per heavy atom. The van der Waals surface area contributed by atoms with Crippen LogP contribution in [0.25, 0.3) is 11.3 Å². The van der Waals surface area contributed by atoms with Crippen molar-refractivity contribution in [2.45, 2.75) is 6.04 Å². The van der Waals surface area contributed by atoms with E-state index in [4.69, 9.17) is 16.1 Å². The van der Waals surface area contributed by atoms with Gasteiger partial charge in [0.1, 0.15) is 11.9 Å². The average molecular weight is 408 g/mol. The molecule has 0 aliphatic carbocycles. The minimum Gasteiger partial charge on any atom is -0.355 e. The van der Waals surface area contributed by atoms with Gasteiger partial charge in [0.25, 0.3) is 5.91 Å². The fourth-order valence-electron chi connectivity index (χ4n) is 3.19. The minimum atomic E-state index is -0.179. The topological polar surface area (TPSA) is 76.2 Å². The number of aryl methyl sites for hydroxylation is 1. The number of nitrogens with one attached hydrogen (secondary N) is 1. The Labute approximate surface area is 167 Å². The number of piperazine rings is 1. The standard InChI is InChI=1S/C18H18ClN5O2.ClH/c1-23-8-7-21-17(23)15-11-20-6-9-24(15)18(25)14-10-16(26-22-14)12-4-2-3-5-13(12)19;/h2-5,7-8,10,15,20H,6,9,11H2,1H3;1H. The molecule has 1 aliphatic heterocycles. The van der Waals surface area contributed by atoms with Gasteiger partial charge in [-0.3, -0.25) is 4.79 Å². The van der Waals surface area contributed by atoms with Crippen LogP contribution in [0.2, 0.25) is 5.02 Å². The summed E-state index contributed by atoms with van der Waals surface area (Å²) >= 11 is 6.20. The summed E-state index contributed by atoms with van der Waals surface area (Å²) in [5.41, 5.74) is 0.975. The van der Waals surface area contributed by atoms with E-state index < -0.39 is 0 Å². The van der Waals surface area contributed by atoms with E-state index in [0.29, 0.717) is 29.4 Å². The molecule has 1 aliphatic rings. The molecule has 1 aromatic carbocycles. The third-order valence-electron chi connectivity index (χ3n) is 4.53. The molecule has 0 bridgehead atoms. The fraction of sp³-hybridized carbons (Fsp3) is 0.278. The number of hydrogen-bond donors (Lipinski definition) is 1. The maximum absolute atomic E-state index is 13.1. The zero-order valence-corrected chi connectivity index (χ0v) is 16.2.